The number of ketones is 3. The summed E-state index contributed by atoms with van der Waals surface area (Å²) in [7, 11) is 0. The summed E-state index contributed by atoms with van der Waals surface area (Å²) < 4.78 is 0. The molecular weight excluding hydrogens is 432 g/mol. The van der Waals surface area contributed by atoms with Gasteiger partial charge in [-0.25, -0.2) is 0 Å². The minimum atomic E-state index is -0.0283. The Kier molecular flexibility index (Phi) is 21.4. The van der Waals surface area contributed by atoms with Crippen LogP contribution in [0.5, 0.6) is 0 Å². The minimum absolute atomic E-state index is 0.0283. The van der Waals surface area contributed by atoms with E-state index in [-0.39, 0.29) is 29.2 Å². The molecule has 0 atom stereocenters. The summed E-state index contributed by atoms with van der Waals surface area (Å²) >= 11 is 0. The standard InChI is InChI=1S/C27H48N2O5/c1-3-4-21-28-26(33)19-12-10-17-25(32)18-13-22-29-27(34)20-11-9-16-24(31)15-8-6-5-7-14-23(2)30/h3-22H2,1-2H3,(H,28,33)(H,29,34). The zero-order valence-electron chi connectivity index (χ0n) is 21.7. The second-order valence-corrected chi connectivity index (χ2v) is 9.26. The lowest BCUT2D eigenvalue weighted by Gasteiger charge is -2.06. The molecule has 0 unspecified atom stereocenters. The van der Waals surface area contributed by atoms with Crippen LogP contribution in [-0.2, 0) is 24.0 Å². The van der Waals surface area contributed by atoms with E-state index < -0.39 is 0 Å². The minimum Gasteiger partial charge on any atom is -0.356 e. The molecule has 0 fully saturated rings. The van der Waals surface area contributed by atoms with Crippen molar-refractivity contribution < 1.29 is 24.0 Å². The fourth-order valence-corrected chi connectivity index (χ4v) is 3.61. The first-order valence-electron chi connectivity index (χ1n) is 13.4. The van der Waals surface area contributed by atoms with Gasteiger partial charge >= 0.3 is 0 Å². The molecule has 0 aromatic rings. The molecule has 0 saturated heterocycles. The Hall–Kier alpha value is -2.05. The van der Waals surface area contributed by atoms with E-state index in [2.05, 4.69) is 17.6 Å². The second-order valence-electron chi connectivity index (χ2n) is 9.26. The van der Waals surface area contributed by atoms with Crippen molar-refractivity contribution in [3.05, 3.63) is 0 Å². The molecule has 0 aliphatic carbocycles. The molecule has 0 bridgehead atoms. The highest BCUT2D eigenvalue weighted by atomic mass is 16.2. The van der Waals surface area contributed by atoms with Crippen LogP contribution < -0.4 is 10.6 Å². The smallest absolute Gasteiger partial charge is 0.219 e. The number of hydrogen-bond acceptors (Lipinski definition) is 5. The van der Waals surface area contributed by atoms with E-state index in [0.29, 0.717) is 64.3 Å². The van der Waals surface area contributed by atoms with Crippen molar-refractivity contribution in [2.45, 2.75) is 129 Å². The zero-order valence-corrected chi connectivity index (χ0v) is 21.7. The fourth-order valence-electron chi connectivity index (χ4n) is 3.61. The van der Waals surface area contributed by atoms with Gasteiger partial charge in [0.1, 0.15) is 17.3 Å². The highest BCUT2D eigenvalue weighted by Crippen LogP contribution is 2.09. The van der Waals surface area contributed by atoms with E-state index in [1.807, 2.05) is 0 Å². The van der Waals surface area contributed by atoms with Gasteiger partial charge in [0.05, 0.1) is 0 Å². The van der Waals surface area contributed by atoms with Gasteiger partial charge < -0.3 is 15.4 Å². The Bertz CT molecular complexity index is 604. The quantitative estimate of drug-likeness (QED) is 0.189. The van der Waals surface area contributed by atoms with Crippen molar-refractivity contribution in [3.8, 4) is 0 Å². The number of nitrogens with one attached hydrogen (secondary N) is 2. The Balaban J connectivity index is 3.51. The molecule has 0 radical (unpaired) electrons. The molecule has 0 aliphatic rings. The van der Waals surface area contributed by atoms with Gasteiger partial charge in [0.2, 0.25) is 11.8 Å². The van der Waals surface area contributed by atoms with E-state index in [0.717, 1.165) is 64.3 Å². The highest BCUT2D eigenvalue weighted by Gasteiger charge is 2.07. The average molecular weight is 481 g/mol. The Morgan fingerprint density at radius 2 is 0.853 bits per heavy atom. The number of carbonyl (C=O) groups is 5. The van der Waals surface area contributed by atoms with Crippen molar-refractivity contribution in [1.29, 1.82) is 0 Å². The van der Waals surface area contributed by atoms with Gasteiger partial charge in [0, 0.05) is 58.0 Å². The van der Waals surface area contributed by atoms with E-state index in [9.17, 15) is 24.0 Å². The third-order valence-electron chi connectivity index (χ3n) is 5.76. The lowest BCUT2D eigenvalue weighted by Crippen LogP contribution is -2.24. The molecule has 0 rings (SSSR count). The van der Waals surface area contributed by atoms with Crippen molar-refractivity contribution in [3.63, 3.8) is 0 Å². The van der Waals surface area contributed by atoms with Crippen LogP contribution in [0.3, 0.4) is 0 Å². The van der Waals surface area contributed by atoms with Crippen molar-refractivity contribution in [2.75, 3.05) is 13.1 Å². The predicted molar refractivity (Wildman–Crippen MR) is 135 cm³/mol. The van der Waals surface area contributed by atoms with Crippen LogP contribution in [0.2, 0.25) is 0 Å². The number of amides is 2. The molecule has 0 heterocycles. The summed E-state index contributed by atoms with van der Waals surface area (Å²) in [6.07, 6.45) is 12.9. The molecule has 2 N–H and O–H groups in total. The first-order chi connectivity index (χ1) is 16.3. The monoisotopic (exact) mass is 480 g/mol. The molecular formula is C27H48N2O5. The van der Waals surface area contributed by atoms with Gasteiger partial charge in [-0.15, -0.1) is 0 Å². The molecule has 0 saturated carbocycles. The van der Waals surface area contributed by atoms with Crippen molar-refractivity contribution in [2.24, 2.45) is 0 Å². The summed E-state index contributed by atoms with van der Waals surface area (Å²) in [4.78, 5) is 58.1. The first-order valence-corrected chi connectivity index (χ1v) is 13.4. The molecule has 196 valence electrons. The third kappa shape index (κ3) is 23.1. The first kappa shape index (κ1) is 31.9. The van der Waals surface area contributed by atoms with E-state index >= 15 is 0 Å². The number of rotatable bonds is 24. The van der Waals surface area contributed by atoms with Crippen LogP contribution in [0.25, 0.3) is 0 Å². The SMILES string of the molecule is CCCCNC(=O)CCCCC(=O)CCCNC(=O)CCCCC(=O)CCCCCCC(C)=O. The molecule has 7 heteroatoms. The van der Waals surface area contributed by atoms with Crippen LogP contribution in [0, 0.1) is 0 Å². The number of unbranched alkanes of at least 4 members (excludes halogenated alkanes) is 6. The van der Waals surface area contributed by atoms with Crippen LogP contribution in [0.15, 0.2) is 0 Å². The van der Waals surface area contributed by atoms with Gasteiger partial charge in [0.15, 0.2) is 0 Å². The van der Waals surface area contributed by atoms with Crippen LogP contribution in [0.4, 0.5) is 0 Å². The topological polar surface area (TPSA) is 109 Å². The summed E-state index contributed by atoms with van der Waals surface area (Å²) in [5.74, 6) is 0.686. The van der Waals surface area contributed by atoms with Crippen LogP contribution in [0.1, 0.15) is 129 Å². The summed E-state index contributed by atoms with van der Waals surface area (Å²) in [5, 5.41) is 5.72. The van der Waals surface area contributed by atoms with Crippen molar-refractivity contribution in [1.82, 2.24) is 10.6 Å². The van der Waals surface area contributed by atoms with Crippen LogP contribution >= 0.6 is 0 Å². The van der Waals surface area contributed by atoms with Gasteiger partial charge in [-0.3, -0.25) is 19.2 Å². The Morgan fingerprint density at radius 1 is 0.471 bits per heavy atom. The summed E-state index contributed by atoms with van der Waals surface area (Å²) in [5.41, 5.74) is 0. The lowest BCUT2D eigenvalue weighted by molar-refractivity contribution is -0.122. The Morgan fingerprint density at radius 3 is 1.32 bits per heavy atom. The summed E-state index contributed by atoms with van der Waals surface area (Å²) in [6.45, 7) is 4.91. The lowest BCUT2D eigenvalue weighted by atomic mass is 10.0. The molecule has 7 nitrogen and oxygen atoms in total. The number of Topliss-reactive ketones (excluding diaryl/α,β-unsaturated/α-hetero) is 3. The molecule has 34 heavy (non-hydrogen) atoms. The van der Waals surface area contributed by atoms with E-state index in [4.69, 9.17) is 0 Å². The maximum atomic E-state index is 11.9. The Labute approximate surface area is 206 Å². The largest absolute Gasteiger partial charge is 0.356 e. The van der Waals surface area contributed by atoms with Crippen molar-refractivity contribution >= 4 is 29.2 Å². The van der Waals surface area contributed by atoms with Gasteiger partial charge in [-0.05, 0) is 58.3 Å². The average Bonchev–Trinajstić information content (AvgIpc) is 2.79. The van der Waals surface area contributed by atoms with E-state index in [1.165, 1.54) is 0 Å². The zero-order chi connectivity index (χ0) is 25.4. The third-order valence-corrected chi connectivity index (χ3v) is 5.76. The van der Waals surface area contributed by atoms with Gasteiger partial charge in [-0.2, -0.15) is 0 Å². The molecule has 0 aromatic carbocycles. The normalized spacial score (nSPS) is 10.6. The molecule has 2 amide bonds. The van der Waals surface area contributed by atoms with Gasteiger partial charge in [-0.1, -0.05) is 26.2 Å². The maximum Gasteiger partial charge on any atom is 0.219 e. The second kappa shape index (κ2) is 22.7. The number of hydrogen-bond donors (Lipinski definition) is 2. The van der Waals surface area contributed by atoms with Crippen LogP contribution in [-0.4, -0.2) is 42.3 Å². The molecule has 0 aliphatic heterocycles. The highest BCUT2D eigenvalue weighted by molar-refractivity contribution is 5.79. The van der Waals surface area contributed by atoms with E-state index in [1.54, 1.807) is 6.92 Å². The molecule has 0 aromatic heterocycles. The summed E-state index contributed by atoms with van der Waals surface area (Å²) in [6, 6.07) is 0. The molecule has 0 spiro atoms. The fraction of sp³-hybridized carbons (Fsp3) is 0.815. The predicted octanol–water partition coefficient (Wildman–Crippen LogP) is 4.99. The van der Waals surface area contributed by atoms with Gasteiger partial charge in [0.25, 0.3) is 0 Å². The maximum absolute atomic E-state index is 11.9. The number of carbonyl (C=O) groups excluding carboxylic acids is 5.